The molecule has 1 aromatic heterocycles. The van der Waals surface area contributed by atoms with Crippen LogP contribution < -0.4 is 0 Å². The molecule has 0 aliphatic heterocycles. The maximum atomic E-state index is 10.3. The third-order valence-electron chi connectivity index (χ3n) is 4.24. The van der Waals surface area contributed by atoms with Crippen LogP contribution in [-0.4, -0.2) is 33.7 Å². The molecule has 0 amide bonds. The van der Waals surface area contributed by atoms with Gasteiger partial charge in [-0.2, -0.15) is 5.10 Å². The van der Waals surface area contributed by atoms with Crippen molar-refractivity contribution >= 4 is 11.6 Å². The molecular weight excluding hydrogens is 264 g/mol. The Morgan fingerprint density at radius 3 is 2.63 bits per heavy atom. The molecule has 0 saturated heterocycles. The molecule has 0 radical (unpaired) electrons. The molecule has 1 unspecified atom stereocenters. The first-order chi connectivity index (χ1) is 9.01. The van der Waals surface area contributed by atoms with Gasteiger partial charge >= 0.3 is 0 Å². The topological polar surface area (TPSA) is 47.3 Å². The predicted molar refractivity (Wildman–Crippen MR) is 75.5 cm³/mol. The summed E-state index contributed by atoms with van der Waals surface area (Å²) in [5.74, 6) is 0. The summed E-state index contributed by atoms with van der Waals surface area (Å²) in [6, 6.07) is 0. The molecule has 1 aromatic rings. The van der Waals surface area contributed by atoms with Gasteiger partial charge in [-0.1, -0.05) is 18.5 Å². The van der Waals surface area contributed by atoms with Gasteiger partial charge < -0.3 is 9.84 Å². The summed E-state index contributed by atoms with van der Waals surface area (Å²) in [5, 5.41) is 15.4. The van der Waals surface area contributed by atoms with Crippen molar-refractivity contribution < 1.29 is 9.84 Å². The van der Waals surface area contributed by atoms with E-state index < -0.39 is 6.10 Å². The average molecular weight is 287 g/mol. The van der Waals surface area contributed by atoms with E-state index in [1.807, 2.05) is 14.0 Å². The van der Waals surface area contributed by atoms with Crippen LogP contribution in [0.15, 0.2) is 0 Å². The van der Waals surface area contributed by atoms with E-state index in [2.05, 4.69) is 5.10 Å². The van der Waals surface area contributed by atoms with Crippen LogP contribution in [0.3, 0.4) is 0 Å². The van der Waals surface area contributed by atoms with Gasteiger partial charge in [-0.3, -0.25) is 4.68 Å². The van der Waals surface area contributed by atoms with Gasteiger partial charge in [0.15, 0.2) is 0 Å². The van der Waals surface area contributed by atoms with Gasteiger partial charge in [-0.15, -0.1) is 0 Å². The van der Waals surface area contributed by atoms with Crippen molar-refractivity contribution in [3.8, 4) is 0 Å². The van der Waals surface area contributed by atoms with Crippen molar-refractivity contribution in [2.45, 2.75) is 57.2 Å². The minimum atomic E-state index is -0.433. The molecule has 1 atom stereocenters. The zero-order chi connectivity index (χ0) is 14.0. The Morgan fingerprint density at radius 1 is 1.53 bits per heavy atom. The van der Waals surface area contributed by atoms with Gasteiger partial charge in [0, 0.05) is 27.0 Å². The molecule has 0 aromatic carbocycles. The molecule has 1 N–H and O–H groups in total. The Hall–Kier alpha value is -0.580. The Morgan fingerprint density at radius 2 is 2.21 bits per heavy atom. The summed E-state index contributed by atoms with van der Waals surface area (Å²) in [4.78, 5) is 0. The Bertz CT molecular complexity index is 435. The molecule has 108 valence electrons. The van der Waals surface area contributed by atoms with Crippen molar-refractivity contribution in [1.82, 2.24) is 9.78 Å². The third-order valence-corrected chi connectivity index (χ3v) is 4.67. The highest BCUT2D eigenvalue weighted by atomic mass is 35.5. The molecule has 1 aliphatic carbocycles. The predicted octanol–water partition coefficient (Wildman–Crippen LogP) is 2.50. The van der Waals surface area contributed by atoms with Crippen molar-refractivity contribution in [3.63, 3.8) is 0 Å². The van der Waals surface area contributed by atoms with Gasteiger partial charge in [-0.25, -0.2) is 0 Å². The Balaban J connectivity index is 2.02. The number of ether oxygens (including phenoxy) is 1. The summed E-state index contributed by atoms with van der Waals surface area (Å²) in [7, 11) is 3.61. The summed E-state index contributed by atoms with van der Waals surface area (Å²) >= 11 is 6.30. The number of methoxy groups -OCH3 is 1. The largest absolute Gasteiger partial charge is 0.393 e. The fourth-order valence-electron chi connectivity index (χ4n) is 2.83. The highest BCUT2D eigenvalue weighted by molar-refractivity contribution is 6.31. The summed E-state index contributed by atoms with van der Waals surface area (Å²) in [6.07, 6.45) is 4.86. The van der Waals surface area contributed by atoms with Crippen LogP contribution in [-0.2, 0) is 24.6 Å². The first-order valence-electron chi connectivity index (χ1n) is 6.95. The molecule has 1 saturated carbocycles. The molecule has 4 nitrogen and oxygen atoms in total. The van der Waals surface area contributed by atoms with Crippen molar-refractivity contribution in [2.24, 2.45) is 7.05 Å². The number of nitrogens with zero attached hydrogens (tertiary/aromatic N) is 2. The van der Waals surface area contributed by atoms with Gasteiger partial charge in [0.2, 0.25) is 0 Å². The quantitative estimate of drug-likeness (QED) is 0.874. The fraction of sp³-hybridized carbons (Fsp3) is 0.786. The highest BCUT2D eigenvalue weighted by Gasteiger charge is 2.39. The SMILES string of the molecule is CCc1nn(C)c(CC(O)CC2(OC)CCC2)c1Cl. The molecule has 5 heteroatoms. The van der Waals surface area contributed by atoms with Crippen LogP contribution in [0, 0.1) is 0 Å². The van der Waals surface area contributed by atoms with E-state index in [9.17, 15) is 5.11 Å². The molecule has 1 aliphatic rings. The third kappa shape index (κ3) is 2.96. The van der Waals surface area contributed by atoms with Crippen molar-refractivity contribution in [1.29, 1.82) is 0 Å². The number of rotatable bonds is 6. The minimum Gasteiger partial charge on any atom is -0.393 e. The maximum Gasteiger partial charge on any atom is 0.0850 e. The molecule has 1 heterocycles. The number of aromatic nitrogens is 2. The van der Waals surface area contributed by atoms with E-state index >= 15 is 0 Å². The lowest BCUT2D eigenvalue weighted by Gasteiger charge is -2.41. The van der Waals surface area contributed by atoms with Crippen LogP contribution in [0.2, 0.25) is 5.02 Å². The van der Waals surface area contributed by atoms with Crippen molar-refractivity contribution in [2.75, 3.05) is 7.11 Å². The number of aliphatic hydroxyl groups is 1. The zero-order valence-electron chi connectivity index (χ0n) is 11.9. The van der Waals surface area contributed by atoms with Crippen molar-refractivity contribution in [3.05, 3.63) is 16.4 Å². The van der Waals surface area contributed by atoms with Crippen LogP contribution in [0.4, 0.5) is 0 Å². The van der Waals surface area contributed by atoms with Crippen LogP contribution in [0.5, 0.6) is 0 Å². The van der Waals surface area contributed by atoms with E-state index in [0.29, 0.717) is 17.9 Å². The highest BCUT2D eigenvalue weighted by Crippen LogP contribution is 2.39. The maximum absolute atomic E-state index is 10.3. The number of hydrogen-bond donors (Lipinski definition) is 1. The van der Waals surface area contributed by atoms with Gasteiger partial charge in [-0.05, 0) is 25.7 Å². The second kappa shape index (κ2) is 5.81. The number of aryl methyl sites for hydroxylation is 2. The molecular formula is C14H23ClN2O2. The standard InChI is InChI=1S/C14H23ClN2O2/c1-4-11-13(15)12(17(2)16-11)8-10(18)9-14(19-3)6-5-7-14/h10,18H,4-9H2,1-3H3. The molecule has 2 rings (SSSR count). The van der Waals surface area contributed by atoms with Gasteiger partial charge in [0.25, 0.3) is 0 Å². The van der Waals surface area contributed by atoms with Gasteiger partial charge in [0.1, 0.15) is 0 Å². The van der Waals surface area contributed by atoms with Crippen LogP contribution >= 0.6 is 11.6 Å². The lowest BCUT2D eigenvalue weighted by Crippen LogP contribution is -2.42. The Labute approximate surface area is 119 Å². The number of aliphatic hydroxyl groups excluding tert-OH is 1. The first-order valence-corrected chi connectivity index (χ1v) is 7.32. The molecule has 0 spiro atoms. The van der Waals surface area contributed by atoms with Crippen LogP contribution in [0.1, 0.15) is 44.0 Å². The first kappa shape index (κ1) is 14.8. The summed E-state index contributed by atoms with van der Waals surface area (Å²) in [5.41, 5.74) is 1.70. The second-order valence-electron chi connectivity index (χ2n) is 5.49. The summed E-state index contributed by atoms with van der Waals surface area (Å²) in [6.45, 7) is 2.03. The van der Waals surface area contributed by atoms with Gasteiger partial charge in [0.05, 0.1) is 28.1 Å². The monoisotopic (exact) mass is 286 g/mol. The molecule has 19 heavy (non-hydrogen) atoms. The fourth-order valence-corrected chi connectivity index (χ4v) is 3.20. The second-order valence-corrected chi connectivity index (χ2v) is 5.87. The number of hydrogen-bond acceptors (Lipinski definition) is 3. The summed E-state index contributed by atoms with van der Waals surface area (Å²) < 4.78 is 7.34. The molecule has 1 fully saturated rings. The number of halogens is 1. The van der Waals surface area contributed by atoms with E-state index in [4.69, 9.17) is 16.3 Å². The Kier molecular flexibility index (Phi) is 4.54. The van der Waals surface area contributed by atoms with E-state index in [1.54, 1.807) is 11.8 Å². The lowest BCUT2D eigenvalue weighted by atomic mass is 9.75. The van der Waals surface area contributed by atoms with E-state index in [0.717, 1.165) is 30.7 Å². The normalized spacial score (nSPS) is 19.2. The smallest absolute Gasteiger partial charge is 0.0850 e. The average Bonchev–Trinajstić information content (AvgIpc) is 2.61. The van der Waals surface area contributed by atoms with E-state index in [-0.39, 0.29) is 5.60 Å². The lowest BCUT2D eigenvalue weighted by molar-refractivity contribution is -0.0990. The minimum absolute atomic E-state index is 0.113. The molecule has 0 bridgehead atoms. The van der Waals surface area contributed by atoms with Crippen LogP contribution in [0.25, 0.3) is 0 Å². The zero-order valence-corrected chi connectivity index (χ0v) is 12.7. The van der Waals surface area contributed by atoms with E-state index in [1.165, 1.54) is 6.42 Å².